The monoisotopic (exact) mass is 946 g/mol. The highest BCUT2D eigenvalue weighted by Crippen LogP contribution is 2.44. The number of nitrogens with zero attached hydrogens (tertiary/aromatic N) is 9. The molecule has 20 heteroatoms. The van der Waals surface area contributed by atoms with Crippen molar-refractivity contribution in [3.05, 3.63) is 53.5 Å². The summed E-state index contributed by atoms with van der Waals surface area (Å²) in [5, 5.41) is 13.1. The molecule has 2 aliphatic carbocycles. The molecular weight excluding hydrogens is 885 g/mol. The third-order valence-electron chi connectivity index (χ3n) is 15.8. The van der Waals surface area contributed by atoms with Gasteiger partial charge < -0.3 is 30.1 Å². The summed E-state index contributed by atoms with van der Waals surface area (Å²) in [7, 11) is 1.83. The van der Waals surface area contributed by atoms with E-state index in [2.05, 4.69) is 40.8 Å². The topological polar surface area (TPSA) is 225 Å². The molecule has 0 radical (unpaired) electrons. The van der Waals surface area contributed by atoms with E-state index in [1.807, 2.05) is 29.1 Å². The molecular formula is C49H62N12O8. The number of fused-ring (bicyclic) bond motifs is 1. The Morgan fingerprint density at radius 3 is 2.12 bits per heavy atom. The number of amides is 6. The molecule has 1 spiro atoms. The summed E-state index contributed by atoms with van der Waals surface area (Å²) in [6.07, 6.45) is 13.8. The Labute approximate surface area is 400 Å². The van der Waals surface area contributed by atoms with E-state index in [0.29, 0.717) is 49.6 Å². The predicted octanol–water partition coefficient (Wildman–Crippen LogP) is 3.33. The molecule has 1 aromatic carbocycles. The maximum Gasteiger partial charge on any atom is 0.343 e. The standard InChI is InChI=1S/C49H62N12O8/c1-3-69-47(68)38-26-50-48(53-33-25-51-56(2)27-33)55-41(38)52-32-8-10-34(11-9-32)57-20-22-59(23-21-57)44(65)31-6-4-30(5-7-31)43(64)58-18-16-49(17-19-58)28-60(29-49)35-12-13-36-37(24-35)46(67)61(45(36)66)39-14-15-40(62)54-42(39)63/h12-13,24-27,30-32,34,39H,3-11,14-23,28-29H2,1-2H3,(H,54,62,63)(H2,50,52,53,55). The van der Waals surface area contributed by atoms with Crippen molar-refractivity contribution in [1.29, 1.82) is 0 Å². The van der Waals surface area contributed by atoms with Crippen LogP contribution in [0.3, 0.4) is 0 Å². The number of aryl methyl sites for hydroxylation is 1. The molecule has 1 unspecified atom stereocenters. The van der Waals surface area contributed by atoms with Crippen LogP contribution >= 0.6 is 0 Å². The van der Waals surface area contributed by atoms with Crippen LogP contribution in [0.15, 0.2) is 36.8 Å². The van der Waals surface area contributed by atoms with Gasteiger partial charge >= 0.3 is 5.97 Å². The first kappa shape index (κ1) is 46.3. The van der Waals surface area contributed by atoms with Gasteiger partial charge in [-0.15, -0.1) is 0 Å². The van der Waals surface area contributed by atoms with Crippen LogP contribution in [0.4, 0.5) is 23.1 Å². The Hall–Kier alpha value is -6.44. The molecule has 7 heterocycles. The number of rotatable bonds is 11. The molecule has 4 saturated heterocycles. The Morgan fingerprint density at radius 1 is 0.812 bits per heavy atom. The number of ether oxygens (including phenoxy) is 1. The minimum Gasteiger partial charge on any atom is -0.462 e. The number of anilines is 4. The summed E-state index contributed by atoms with van der Waals surface area (Å²) in [6, 6.07) is 4.83. The highest BCUT2D eigenvalue weighted by molar-refractivity contribution is 6.23. The molecule has 6 fully saturated rings. The number of carbonyl (C=O) groups excluding carboxylic acids is 7. The maximum atomic E-state index is 13.8. The fourth-order valence-corrected chi connectivity index (χ4v) is 11.8. The highest BCUT2D eigenvalue weighted by Gasteiger charge is 2.48. The number of aromatic nitrogens is 4. The Bertz CT molecular complexity index is 2510. The van der Waals surface area contributed by atoms with E-state index in [9.17, 15) is 33.6 Å². The molecule has 3 N–H and O–H groups in total. The van der Waals surface area contributed by atoms with Crippen LogP contribution in [0.25, 0.3) is 0 Å². The summed E-state index contributed by atoms with van der Waals surface area (Å²) in [6.45, 7) is 8.15. The minimum absolute atomic E-state index is 0.0396. The smallest absolute Gasteiger partial charge is 0.343 e. The van der Waals surface area contributed by atoms with Gasteiger partial charge in [-0.25, -0.2) is 9.78 Å². The SMILES string of the molecule is CCOC(=O)c1cnc(Nc2cnn(C)c2)nc1NC1CCC(N2CCN(C(=O)C3CCC(C(=O)N4CCC5(CC4)CN(c4ccc6c(c4)C(=O)N(C4CCC(=O)NC4=O)C6=O)C5)CC3)CC2)CC1. The molecule has 2 saturated carbocycles. The number of carbonyl (C=O) groups is 7. The number of hydrogen-bond acceptors (Lipinski definition) is 15. The first-order valence-electron chi connectivity index (χ1n) is 24.8. The second-order valence-electron chi connectivity index (χ2n) is 20.1. The molecule has 10 rings (SSSR count). The lowest BCUT2D eigenvalue weighted by Gasteiger charge is -2.55. The van der Waals surface area contributed by atoms with E-state index in [-0.39, 0.29) is 65.7 Å². The number of esters is 1. The zero-order valence-corrected chi connectivity index (χ0v) is 39.5. The van der Waals surface area contributed by atoms with Crippen LogP contribution in [0, 0.1) is 17.3 Å². The average Bonchev–Trinajstić information content (AvgIpc) is 3.87. The largest absolute Gasteiger partial charge is 0.462 e. The third kappa shape index (κ3) is 9.38. The van der Waals surface area contributed by atoms with Crippen LogP contribution in [-0.2, 0) is 31.0 Å². The molecule has 6 amide bonds. The van der Waals surface area contributed by atoms with Gasteiger partial charge in [0.1, 0.15) is 17.4 Å². The molecule has 3 aromatic rings. The van der Waals surface area contributed by atoms with Crippen molar-refractivity contribution >= 4 is 64.6 Å². The van der Waals surface area contributed by atoms with Crippen molar-refractivity contribution < 1.29 is 38.3 Å². The van der Waals surface area contributed by atoms with Gasteiger partial charge in [-0.2, -0.15) is 10.1 Å². The summed E-state index contributed by atoms with van der Waals surface area (Å²) >= 11 is 0. The van der Waals surface area contributed by atoms with E-state index in [0.717, 1.165) is 107 Å². The number of nitrogens with one attached hydrogen (secondary N) is 3. The molecule has 2 aromatic heterocycles. The number of piperazine rings is 1. The van der Waals surface area contributed by atoms with Gasteiger partial charge in [0.15, 0.2) is 0 Å². The van der Waals surface area contributed by atoms with Crippen molar-refractivity contribution in [3.63, 3.8) is 0 Å². The predicted molar refractivity (Wildman–Crippen MR) is 251 cm³/mol. The van der Waals surface area contributed by atoms with Crippen molar-refractivity contribution in [1.82, 2.24) is 44.7 Å². The molecule has 1 atom stereocenters. The number of imide groups is 2. The normalized spacial score (nSPS) is 26.1. The maximum absolute atomic E-state index is 13.8. The van der Waals surface area contributed by atoms with Gasteiger partial charge in [0.2, 0.25) is 29.6 Å². The first-order chi connectivity index (χ1) is 33.3. The van der Waals surface area contributed by atoms with Gasteiger partial charge in [0, 0.05) is 113 Å². The fraction of sp³-hybridized carbons (Fsp3) is 0.592. The van der Waals surface area contributed by atoms with Crippen molar-refractivity contribution in [2.75, 3.05) is 74.5 Å². The second-order valence-corrected chi connectivity index (χ2v) is 20.1. The summed E-state index contributed by atoms with van der Waals surface area (Å²) in [4.78, 5) is 110. The third-order valence-corrected chi connectivity index (χ3v) is 15.8. The van der Waals surface area contributed by atoms with Crippen LogP contribution < -0.4 is 20.9 Å². The van der Waals surface area contributed by atoms with Gasteiger partial charge in [0.05, 0.1) is 29.6 Å². The summed E-state index contributed by atoms with van der Waals surface area (Å²) in [5.41, 5.74) is 2.53. The van der Waals surface area contributed by atoms with E-state index in [4.69, 9.17) is 4.74 Å². The number of piperidine rings is 2. The van der Waals surface area contributed by atoms with Crippen molar-refractivity contribution in [2.24, 2.45) is 24.3 Å². The molecule has 0 bridgehead atoms. The van der Waals surface area contributed by atoms with Crippen LogP contribution in [0.2, 0.25) is 0 Å². The molecule has 366 valence electrons. The fourth-order valence-electron chi connectivity index (χ4n) is 11.8. The lowest BCUT2D eigenvalue weighted by Crippen LogP contribution is -2.61. The molecule has 20 nitrogen and oxygen atoms in total. The summed E-state index contributed by atoms with van der Waals surface area (Å²) in [5.74, 6) is -1.35. The number of benzene rings is 1. The number of hydrogen-bond donors (Lipinski definition) is 3. The second kappa shape index (κ2) is 19.2. The minimum atomic E-state index is -0.995. The number of likely N-dealkylation sites (tertiary alicyclic amines) is 1. The zero-order chi connectivity index (χ0) is 48.0. The van der Waals surface area contributed by atoms with Crippen LogP contribution in [-0.4, -0.2) is 158 Å². The van der Waals surface area contributed by atoms with Crippen molar-refractivity contribution in [2.45, 2.75) is 102 Å². The van der Waals surface area contributed by atoms with Gasteiger partial charge in [-0.1, -0.05) is 0 Å². The lowest BCUT2D eigenvalue weighted by atomic mass is 9.71. The van der Waals surface area contributed by atoms with E-state index >= 15 is 0 Å². The van der Waals surface area contributed by atoms with E-state index < -0.39 is 35.6 Å². The average molecular weight is 947 g/mol. The quantitative estimate of drug-likeness (QED) is 0.185. The Morgan fingerprint density at radius 2 is 1.48 bits per heavy atom. The lowest BCUT2D eigenvalue weighted by molar-refractivity contribution is -0.144. The van der Waals surface area contributed by atoms with Gasteiger partial charge in [0.25, 0.3) is 11.8 Å². The van der Waals surface area contributed by atoms with Gasteiger partial charge in [-0.3, -0.25) is 48.6 Å². The van der Waals surface area contributed by atoms with Gasteiger partial charge in [-0.05, 0) is 95.8 Å². The molecule has 5 aliphatic heterocycles. The first-order valence-corrected chi connectivity index (χ1v) is 24.8. The highest BCUT2D eigenvalue weighted by atomic mass is 16.5. The van der Waals surface area contributed by atoms with Crippen LogP contribution in [0.5, 0.6) is 0 Å². The Kier molecular flexibility index (Phi) is 12.9. The molecule has 7 aliphatic rings. The van der Waals surface area contributed by atoms with E-state index in [1.54, 1.807) is 29.9 Å². The van der Waals surface area contributed by atoms with Crippen LogP contribution in [0.1, 0.15) is 115 Å². The van der Waals surface area contributed by atoms with Crippen molar-refractivity contribution in [3.8, 4) is 0 Å². The molecule has 69 heavy (non-hydrogen) atoms. The van der Waals surface area contributed by atoms with E-state index in [1.165, 1.54) is 6.20 Å². The zero-order valence-electron chi connectivity index (χ0n) is 39.5. The summed E-state index contributed by atoms with van der Waals surface area (Å²) < 4.78 is 6.98. The Balaban J connectivity index is 0.638.